The molecule has 3 rings (SSSR count). The number of hydrogen-bond acceptors (Lipinski definition) is 5. The molecule has 3 heterocycles. The Kier molecular flexibility index (Phi) is 3.76. The highest BCUT2D eigenvalue weighted by Gasteiger charge is 2.39. The van der Waals surface area contributed by atoms with Crippen LogP contribution in [0.5, 0.6) is 0 Å². The van der Waals surface area contributed by atoms with Gasteiger partial charge in [0.2, 0.25) is 0 Å². The predicted molar refractivity (Wildman–Crippen MR) is 78.8 cm³/mol. The van der Waals surface area contributed by atoms with Gasteiger partial charge in [-0.1, -0.05) is 6.07 Å². The Bertz CT molecular complexity index is 624. The second-order valence-electron chi connectivity index (χ2n) is 4.75. The highest BCUT2D eigenvalue weighted by Crippen LogP contribution is 2.22. The molecule has 2 saturated heterocycles. The molecule has 21 heavy (non-hydrogen) atoms. The number of amides is 2. The second kappa shape index (κ2) is 5.71. The van der Waals surface area contributed by atoms with Gasteiger partial charge in [-0.25, -0.2) is 4.90 Å². The van der Waals surface area contributed by atoms with Gasteiger partial charge in [0.1, 0.15) is 11.8 Å². The minimum absolute atomic E-state index is 0.0932. The van der Waals surface area contributed by atoms with Gasteiger partial charge < -0.3 is 4.74 Å². The molecule has 0 radical (unpaired) electrons. The van der Waals surface area contributed by atoms with Crippen LogP contribution in [0.25, 0.3) is 6.08 Å². The Hall–Kier alpha value is -2.12. The molecule has 0 bridgehead atoms. The average Bonchev–Trinajstić information content (AvgIpc) is 3.09. The first-order valence-electron chi connectivity index (χ1n) is 6.59. The van der Waals surface area contributed by atoms with Crippen molar-refractivity contribution in [2.75, 3.05) is 6.61 Å². The highest BCUT2D eigenvalue weighted by atomic mass is 32.1. The van der Waals surface area contributed by atoms with E-state index in [1.165, 1.54) is 4.90 Å². The number of nitrogens with one attached hydrogen (secondary N) is 1. The maximum Gasteiger partial charge on any atom is 0.274 e. The molecule has 108 valence electrons. The van der Waals surface area contributed by atoms with E-state index in [4.69, 9.17) is 17.0 Å². The smallest absolute Gasteiger partial charge is 0.274 e. The van der Waals surface area contributed by atoms with Gasteiger partial charge in [-0.3, -0.25) is 19.9 Å². The zero-order valence-corrected chi connectivity index (χ0v) is 11.9. The maximum absolute atomic E-state index is 12.5. The van der Waals surface area contributed by atoms with E-state index < -0.39 is 12.0 Å². The van der Waals surface area contributed by atoms with Crippen LogP contribution in [0, 0.1) is 0 Å². The lowest BCUT2D eigenvalue weighted by atomic mass is 10.2. The normalized spacial score (nSPS) is 23.7. The Labute approximate surface area is 126 Å². The van der Waals surface area contributed by atoms with Crippen LogP contribution in [0.15, 0.2) is 30.2 Å². The van der Waals surface area contributed by atoms with Crippen LogP contribution in [-0.2, 0) is 14.3 Å². The lowest BCUT2D eigenvalue weighted by molar-refractivity contribution is -0.135. The van der Waals surface area contributed by atoms with Gasteiger partial charge in [-0.15, -0.1) is 0 Å². The third-order valence-corrected chi connectivity index (χ3v) is 3.60. The number of rotatable bonds is 2. The van der Waals surface area contributed by atoms with Crippen molar-refractivity contribution in [2.24, 2.45) is 0 Å². The lowest BCUT2D eigenvalue weighted by Gasteiger charge is -2.19. The van der Waals surface area contributed by atoms with Gasteiger partial charge in [0, 0.05) is 19.0 Å². The van der Waals surface area contributed by atoms with Crippen molar-refractivity contribution in [3.05, 3.63) is 35.8 Å². The number of pyridine rings is 1. The van der Waals surface area contributed by atoms with Crippen LogP contribution in [-0.4, -0.2) is 39.5 Å². The number of hydrogen-bond donors (Lipinski definition) is 1. The molecule has 6 nitrogen and oxygen atoms in total. The summed E-state index contributed by atoms with van der Waals surface area (Å²) >= 11 is 5.08. The molecule has 0 unspecified atom stereocenters. The molecule has 7 heteroatoms. The average molecular weight is 303 g/mol. The first kappa shape index (κ1) is 13.8. The zero-order chi connectivity index (χ0) is 14.8. The number of carbonyl (C=O) groups is 2. The van der Waals surface area contributed by atoms with Crippen molar-refractivity contribution in [1.29, 1.82) is 0 Å². The zero-order valence-electron chi connectivity index (χ0n) is 11.1. The van der Waals surface area contributed by atoms with E-state index >= 15 is 0 Å². The van der Waals surface area contributed by atoms with Crippen molar-refractivity contribution < 1.29 is 14.3 Å². The maximum atomic E-state index is 12.5. The van der Waals surface area contributed by atoms with Gasteiger partial charge in [0.15, 0.2) is 5.11 Å². The van der Waals surface area contributed by atoms with Crippen molar-refractivity contribution in [3.8, 4) is 0 Å². The van der Waals surface area contributed by atoms with Crippen LogP contribution in [0.2, 0.25) is 0 Å². The molecule has 2 aliphatic rings. The van der Waals surface area contributed by atoms with E-state index in [0.29, 0.717) is 13.0 Å². The molecule has 1 aromatic heterocycles. The van der Waals surface area contributed by atoms with Crippen LogP contribution < -0.4 is 5.32 Å². The van der Waals surface area contributed by atoms with Crippen molar-refractivity contribution >= 4 is 35.2 Å². The van der Waals surface area contributed by atoms with E-state index in [2.05, 4.69) is 10.3 Å². The highest BCUT2D eigenvalue weighted by molar-refractivity contribution is 7.80. The first-order valence-corrected chi connectivity index (χ1v) is 7.00. The number of nitrogens with zero attached hydrogens (tertiary/aromatic N) is 2. The summed E-state index contributed by atoms with van der Waals surface area (Å²) in [4.78, 5) is 29.7. The first-order chi connectivity index (χ1) is 10.2. The molecule has 1 aromatic rings. The van der Waals surface area contributed by atoms with Crippen LogP contribution in [0.3, 0.4) is 0 Å². The molecular formula is C14H13N3O3S. The molecule has 1 atom stereocenters. The molecule has 0 aromatic carbocycles. The van der Waals surface area contributed by atoms with E-state index in [9.17, 15) is 9.59 Å². The van der Waals surface area contributed by atoms with Crippen molar-refractivity contribution in [3.63, 3.8) is 0 Å². The van der Waals surface area contributed by atoms with Gasteiger partial charge in [-0.05, 0) is 42.8 Å². The fourth-order valence-electron chi connectivity index (χ4n) is 2.31. The summed E-state index contributed by atoms with van der Waals surface area (Å²) in [5.41, 5.74) is 0.922. The summed E-state index contributed by atoms with van der Waals surface area (Å²) in [7, 11) is 0. The Morgan fingerprint density at radius 1 is 1.57 bits per heavy atom. The van der Waals surface area contributed by atoms with Crippen LogP contribution >= 0.6 is 12.2 Å². The molecule has 0 saturated carbocycles. The summed E-state index contributed by atoms with van der Waals surface area (Å²) in [6.45, 7) is 0.556. The molecule has 1 N–H and O–H groups in total. The monoisotopic (exact) mass is 303 g/mol. The van der Waals surface area contributed by atoms with Crippen molar-refractivity contribution in [1.82, 2.24) is 15.2 Å². The van der Waals surface area contributed by atoms with Crippen LogP contribution in [0.4, 0.5) is 0 Å². The van der Waals surface area contributed by atoms with E-state index in [0.717, 1.165) is 12.0 Å². The van der Waals surface area contributed by atoms with Gasteiger partial charge in [0.05, 0.1) is 0 Å². The third-order valence-electron chi connectivity index (χ3n) is 3.31. The molecule has 0 spiro atoms. The molecular weight excluding hydrogens is 290 g/mol. The fourth-order valence-corrected chi connectivity index (χ4v) is 2.59. The van der Waals surface area contributed by atoms with Gasteiger partial charge >= 0.3 is 0 Å². The van der Waals surface area contributed by atoms with Crippen LogP contribution in [0.1, 0.15) is 18.4 Å². The Balaban J connectivity index is 1.92. The molecule has 0 aliphatic carbocycles. The number of carbonyl (C=O) groups excluding carboxylic acids is 2. The standard InChI is InChI=1S/C14H13N3O3S/c18-12-10(7-9-3-1-5-15-8-9)17(14(21)16-12)13(19)11-4-2-6-20-11/h1,3,5,7-8,11H,2,4,6H2,(H,16,18,21)/b10-7+/t11-/m1/s1. The minimum Gasteiger partial charge on any atom is -0.368 e. The van der Waals surface area contributed by atoms with Gasteiger partial charge in [-0.2, -0.15) is 0 Å². The molecule has 2 amide bonds. The van der Waals surface area contributed by atoms with E-state index in [-0.39, 0.29) is 16.7 Å². The molecule has 2 fully saturated rings. The molecule has 2 aliphatic heterocycles. The second-order valence-corrected chi connectivity index (χ2v) is 5.14. The van der Waals surface area contributed by atoms with Gasteiger partial charge in [0.25, 0.3) is 11.8 Å². The summed E-state index contributed by atoms with van der Waals surface area (Å²) in [5, 5.41) is 2.59. The Morgan fingerprint density at radius 3 is 3.10 bits per heavy atom. The Morgan fingerprint density at radius 2 is 2.43 bits per heavy atom. The summed E-state index contributed by atoms with van der Waals surface area (Å²) in [5.74, 6) is -0.693. The number of aromatic nitrogens is 1. The SMILES string of the molecule is O=C1NC(=S)N(C(=O)[C@H]2CCCO2)/C1=C/c1cccnc1. The number of thiocarbonyl (C=S) groups is 1. The predicted octanol–water partition coefficient (Wildman–Crippen LogP) is 0.845. The fraction of sp³-hybridized carbons (Fsp3) is 0.286. The quantitative estimate of drug-likeness (QED) is 0.648. The topological polar surface area (TPSA) is 71.5 Å². The number of ether oxygens (including phenoxy) is 1. The summed E-state index contributed by atoms with van der Waals surface area (Å²) < 4.78 is 5.38. The van der Waals surface area contributed by atoms with E-state index in [1.54, 1.807) is 30.6 Å². The minimum atomic E-state index is -0.534. The lowest BCUT2D eigenvalue weighted by Crippen LogP contribution is -2.40. The van der Waals surface area contributed by atoms with E-state index in [1.807, 2.05) is 0 Å². The largest absolute Gasteiger partial charge is 0.368 e. The van der Waals surface area contributed by atoms with Crippen molar-refractivity contribution in [2.45, 2.75) is 18.9 Å². The summed E-state index contributed by atoms with van der Waals surface area (Å²) in [6, 6.07) is 3.55. The summed E-state index contributed by atoms with van der Waals surface area (Å²) in [6.07, 6.45) is 5.78. The third kappa shape index (κ3) is 2.70.